The molecule has 0 aromatic carbocycles. The van der Waals surface area contributed by atoms with E-state index < -0.39 is 39.4 Å². The van der Waals surface area contributed by atoms with Crippen molar-refractivity contribution in [3.05, 3.63) is 26.3 Å². The second kappa shape index (κ2) is 5.00. The van der Waals surface area contributed by atoms with E-state index in [-0.39, 0.29) is 6.07 Å². The van der Waals surface area contributed by atoms with Gasteiger partial charge in [-0.15, -0.1) is 13.2 Å². The summed E-state index contributed by atoms with van der Waals surface area (Å²) in [4.78, 5) is 12.1. The van der Waals surface area contributed by atoms with Crippen molar-refractivity contribution in [1.29, 1.82) is 0 Å². The Bertz CT molecular complexity index is 479. The molecule has 0 aliphatic heterocycles. The minimum absolute atomic E-state index is 0.267. The summed E-state index contributed by atoms with van der Waals surface area (Å²) in [6.45, 7) is 0. The predicted octanol–water partition coefficient (Wildman–Crippen LogP) is 3.59. The lowest BCUT2D eigenvalue weighted by atomic mass is 10.2. The van der Waals surface area contributed by atoms with Crippen LogP contribution in [0.3, 0.4) is 0 Å². The minimum atomic E-state index is -5.22. The second-order valence-corrected chi connectivity index (χ2v) is 3.55. The van der Waals surface area contributed by atoms with Gasteiger partial charge in [-0.3, -0.25) is 10.1 Å². The highest BCUT2D eigenvalue weighted by Crippen LogP contribution is 2.36. The molecule has 1 aromatic heterocycles. The topological polar surface area (TPSA) is 65.3 Å². The first-order chi connectivity index (χ1) is 8.11. The molecule has 0 atom stereocenters. The van der Waals surface area contributed by atoms with Gasteiger partial charge in [0.25, 0.3) is 6.43 Å². The van der Waals surface area contributed by atoms with Crippen molar-refractivity contribution < 1.29 is 31.6 Å². The SMILES string of the molecule is O=[N+]([O-])c1cc(C(F)F)c(Br)nc1OC(F)(F)F. The van der Waals surface area contributed by atoms with E-state index in [9.17, 15) is 32.1 Å². The number of rotatable bonds is 3. The van der Waals surface area contributed by atoms with E-state index in [1.807, 2.05) is 0 Å². The summed E-state index contributed by atoms with van der Waals surface area (Å²) < 4.78 is 63.2. The summed E-state index contributed by atoms with van der Waals surface area (Å²) in [5.41, 5.74) is -2.21. The first kappa shape index (κ1) is 14.5. The van der Waals surface area contributed by atoms with Gasteiger partial charge in [-0.25, -0.2) is 8.78 Å². The molecule has 1 rings (SSSR count). The summed E-state index contributed by atoms with van der Waals surface area (Å²) in [5, 5.41) is 10.5. The third-order valence-electron chi connectivity index (χ3n) is 1.59. The summed E-state index contributed by atoms with van der Waals surface area (Å²) in [6.07, 6.45) is -8.35. The van der Waals surface area contributed by atoms with Gasteiger partial charge >= 0.3 is 17.9 Å². The Hall–Kier alpha value is -1.52. The van der Waals surface area contributed by atoms with Crippen LogP contribution < -0.4 is 4.74 Å². The van der Waals surface area contributed by atoms with Crippen LogP contribution in [0.15, 0.2) is 10.7 Å². The number of halogens is 6. The van der Waals surface area contributed by atoms with Gasteiger partial charge in [0.15, 0.2) is 0 Å². The molecular formula is C7H2BrF5N2O3. The number of pyridine rings is 1. The number of nitrogens with zero attached hydrogens (tertiary/aromatic N) is 2. The molecule has 0 unspecified atom stereocenters. The van der Waals surface area contributed by atoms with E-state index in [1.165, 1.54) is 0 Å². The maximum Gasteiger partial charge on any atom is 0.574 e. The number of ether oxygens (including phenoxy) is 1. The van der Waals surface area contributed by atoms with Crippen LogP contribution >= 0.6 is 15.9 Å². The zero-order valence-corrected chi connectivity index (χ0v) is 9.63. The fourth-order valence-electron chi connectivity index (χ4n) is 0.948. The molecule has 0 aliphatic rings. The van der Waals surface area contributed by atoms with E-state index >= 15 is 0 Å². The molecule has 0 radical (unpaired) electrons. The fourth-order valence-corrected chi connectivity index (χ4v) is 1.40. The van der Waals surface area contributed by atoms with Crippen molar-refractivity contribution in [3.8, 4) is 5.88 Å². The third kappa shape index (κ3) is 3.48. The molecule has 0 aliphatic carbocycles. The van der Waals surface area contributed by atoms with Crippen LogP contribution in [0, 0.1) is 10.1 Å². The first-order valence-corrected chi connectivity index (χ1v) is 4.80. The van der Waals surface area contributed by atoms with Crippen molar-refractivity contribution in [3.63, 3.8) is 0 Å². The normalized spacial score (nSPS) is 11.7. The van der Waals surface area contributed by atoms with Crippen LogP contribution in [0.1, 0.15) is 12.0 Å². The van der Waals surface area contributed by atoms with Crippen LogP contribution in [0.4, 0.5) is 27.6 Å². The van der Waals surface area contributed by atoms with Gasteiger partial charge in [-0.05, 0) is 15.9 Å². The fraction of sp³-hybridized carbons (Fsp3) is 0.286. The molecular weight excluding hydrogens is 335 g/mol. The van der Waals surface area contributed by atoms with E-state index in [2.05, 4.69) is 25.7 Å². The van der Waals surface area contributed by atoms with Gasteiger partial charge in [-0.1, -0.05) is 0 Å². The van der Waals surface area contributed by atoms with Crippen LogP contribution in [0.5, 0.6) is 5.88 Å². The van der Waals surface area contributed by atoms with Crippen molar-refractivity contribution in [2.75, 3.05) is 0 Å². The first-order valence-electron chi connectivity index (χ1n) is 4.00. The van der Waals surface area contributed by atoms with Crippen molar-refractivity contribution in [1.82, 2.24) is 4.98 Å². The quantitative estimate of drug-likeness (QED) is 0.366. The maximum atomic E-state index is 12.4. The Kier molecular flexibility index (Phi) is 4.04. The number of aromatic nitrogens is 1. The monoisotopic (exact) mass is 336 g/mol. The molecule has 0 amide bonds. The van der Waals surface area contributed by atoms with Crippen LogP contribution in [0.2, 0.25) is 0 Å². The highest BCUT2D eigenvalue weighted by atomic mass is 79.9. The van der Waals surface area contributed by atoms with E-state index in [0.29, 0.717) is 0 Å². The van der Waals surface area contributed by atoms with Crippen LogP contribution in [-0.4, -0.2) is 16.3 Å². The van der Waals surface area contributed by atoms with Gasteiger partial charge in [-0.2, -0.15) is 4.98 Å². The van der Waals surface area contributed by atoms with Crippen LogP contribution in [-0.2, 0) is 0 Å². The number of nitro groups is 1. The summed E-state index contributed by atoms with van der Waals surface area (Å²) in [6, 6.07) is 0.267. The highest BCUT2D eigenvalue weighted by Gasteiger charge is 2.36. The van der Waals surface area contributed by atoms with E-state index in [0.717, 1.165) is 0 Å². The molecule has 0 N–H and O–H groups in total. The Morgan fingerprint density at radius 1 is 1.44 bits per heavy atom. The summed E-state index contributed by atoms with van der Waals surface area (Å²) >= 11 is 2.48. The Balaban J connectivity index is 3.34. The van der Waals surface area contributed by atoms with Crippen molar-refractivity contribution in [2.24, 2.45) is 0 Å². The van der Waals surface area contributed by atoms with E-state index in [1.54, 1.807) is 0 Å². The zero-order chi connectivity index (χ0) is 14.1. The van der Waals surface area contributed by atoms with Gasteiger partial charge < -0.3 is 4.74 Å². The zero-order valence-electron chi connectivity index (χ0n) is 8.04. The smallest absolute Gasteiger partial charge is 0.381 e. The average Bonchev–Trinajstić information content (AvgIpc) is 2.13. The standard InChI is InChI=1S/C7H2BrF5N2O3/c8-4-2(5(9)10)1-3(15(16)17)6(14-4)18-7(11,12)13/h1,5H. The Morgan fingerprint density at radius 3 is 2.39 bits per heavy atom. The lowest BCUT2D eigenvalue weighted by molar-refractivity contribution is -0.389. The van der Waals surface area contributed by atoms with Gasteiger partial charge in [0.2, 0.25) is 0 Å². The predicted molar refractivity (Wildman–Crippen MR) is 50.2 cm³/mol. The van der Waals surface area contributed by atoms with Crippen molar-refractivity contribution in [2.45, 2.75) is 12.8 Å². The third-order valence-corrected chi connectivity index (χ3v) is 2.23. The van der Waals surface area contributed by atoms with Gasteiger partial charge in [0.05, 0.1) is 10.5 Å². The molecule has 0 bridgehead atoms. The minimum Gasteiger partial charge on any atom is -0.381 e. The highest BCUT2D eigenvalue weighted by molar-refractivity contribution is 9.10. The molecule has 0 saturated carbocycles. The molecule has 1 aromatic rings. The van der Waals surface area contributed by atoms with Gasteiger partial charge in [0.1, 0.15) is 4.60 Å². The van der Waals surface area contributed by atoms with Gasteiger partial charge in [0, 0.05) is 6.07 Å². The van der Waals surface area contributed by atoms with Crippen molar-refractivity contribution >= 4 is 21.6 Å². The Morgan fingerprint density at radius 2 is 2.00 bits per heavy atom. The summed E-state index contributed by atoms with van der Waals surface area (Å²) in [7, 11) is 0. The number of hydrogen-bond donors (Lipinski definition) is 0. The van der Waals surface area contributed by atoms with Crippen LogP contribution in [0.25, 0.3) is 0 Å². The summed E-state index contributed by atoms with van der Waals surface area (Å²) in [5.74, 6) is -1.41. The maximum absolute atomic E-state index is 12.4. The Labute approximate surface area is 104 Å². The molecule has 18 heavy (non-hydrogen) atoms. The molecule has 0 saturated heterocycles. The number of alkyl halides is 5. The second-order valence-electron chi connectivity index (χ2n) is 2.80. The average molecular weight is 337 g/mol. The molecule has 11 heteroatoms. The molecule has 100 valence electrons. The lowest BCUT2D eigenvalue weighted by Crippen LogP contribution is -2.19. The largest absolute Gasteiger partial charge is 0.574 e. The number of hydrogen-bond acceptors (Lipinski definition) is 4. The van der Waals surface area contributed by atoms with E-state index in [4.69, 9.17) is 0 Å². The molecule has 0 spiro atoms. The molecule has 5 nitrogen and oxygen atoms in total. The molecule has 0 fully saturated rings. The molecule has 1 heterocycles. The lowest BCUT2D eigenvalue weighted by Gasteiger charge is -2.10.